The van der Waals surface area contributed by atoms with Crippen molar-refractivity contribution in [1.29, 1.82) is 0 Å². The van der Waals surface area contributed by atoms with Crippen molar-refractivity contribution in [2.45, 2.75) is 47.6 Å². The number of anilines is 1. The van der Waals surface area contributed by atoms with Gasteiger partial charge >= 0.3 is 5.97 Å². The van der Waals surface area contributed by atoms with Gasteiger partial charge in [-0.1, -0.05) is 34.4 Å². The molecule has 0 aliphatic carbocycles. The molecular formula is C25H27Cl2N3O5S. The smallest absolute Gasteiger partial charge is 0.341 e. The van der Waals surface area contributed by atoms with Gasteiger partial charge < -0.3 is 19.5 Å². The van der Waals surface area contributed by atoms with E-state index in [1.165, 1.54) is 0 Å². The van der Waals surface area contributed by atoms with Crippen LogP contribution in [0, 0.1) is 13.8 Å². The molecule has 0 spiro atoms. The molecule has 0 aliphatic rings. The fourth-order valence-electron chi connectivity index (χ4n) is 3.68. The van der Waals surface area contributed by atoms with Gasteiger partial charge in [-0.3, -0.25) is 9.59 Å². The lowest BCUT2D eigenvalue weighted by molar-refractivity contribution is 0.0379. The number of aromatic nitrogens is 1. The molecule has 2 heterocycles. The highest BCUT2D eigenvalue weighted by Gasteiger charge is 2.31. The summed E-state index contributed by atoms with van der Waals surface area (Å²) in [6.07, 6.45) is -0.392. The molecule has 0 bridgehead atoms. The number of benzene rings is 1. The number of nitrogens with one attached hydrogen (secondary N) is 1. The molecule has 0 saturated heterocycles. The van der Waals surface area contributed by atoms with E-state index in [2.05, 4.69) is 10.5 Å². The lowest BCUT2D eigenvalue weighted by Crippen LogP contribution is -2.30. The number of nitrogens with zero attached hydrogens (tertiary/aromatic N) is 2. The van der Waals surface area contributed by atoms with Crippen molar-refractivity contribution in [3.05, 3.63) is 55.6 Å². The van der Waals surface area contributed by atoms with Gasteiger partial charge in [0.25, 0.3) is 11.8 Å². The minimum Gasteiger partial charge on any atom is -0.459 e. The summed E-state index contributed by atoms with van der Waals surface area (Å²) in [5.41, 5.74) is 1.19. The molecule has 0 aliphatic heterocycles. The molecular weight excluding hydrogens is 525 g/mol. The van der Waals surface area contributed by atoms with E-state index in [-0.39, 0.29) is 33.5 Å². The number of amides is 2. The van der Waals surface area contributed by atoms with Gasteiger partial charge in [0.05, 0.1) is 26.6 Å². The Hall–Kier alpha value is -2.88. The van der Waals surface area contributed by atoms with Crippen LogP contribution in [0.4, 0.5) is 5.00 Å². The number of aryl methyl sites for hydroxylation is 1. The lowest BCUT2D eigenvalue weighted by atomic mass is 10.1. The SMILES string of the molecule is CCN(CC)C(=O)c1sc(NC(=O)c2c(-c3c(Cl)cccc3Cl)noc2C)c(C(=O)OC(C)C)c1C. The molecule has 1 N–H and O–H groups in total. The van der Waals surface area contributed by atoms with Crippen LogP contribution >= 0.6 is 34.5 Å². The topological polar surface area (TPSA) is 102 Å². The Labute approximate surface area is 223 Å². The third kappa shape index (κ3) is 5.43. The molecule has 2 aromatic heterocycles. The molecule has 1 aromatic carbocycles. The third-order valence-electron chi connectivity index (χ3n) is 5.45. The summed E-state index contributed by atoms with van der Waals surface area (Å²) >= 11 is 13.7. The van der Waals surface area contributed by atoms with Crippen molar-refractivity contribution >= 4 is 57.3 Å². The zero-order chi connectivity index (χ0) is 26.7. The summed E-state index contributed by atoms with van der Waals surface area (Å²) in [6.45, 7) is 11.4. The van der Waals surface area contributed by atoms with E-state index >= 15 is 0 Å². The van der Waals surface area contributed by atoms with Gasteiger partial charge in [0.1, 0.15) is 22.0 Å². The highest BCUT2D eigenvalue weighted by atomic mass is 35.5. The van der Waals surface area contributed by atoms with E-state index in [0.29, 0.717) is 39.1 Å². The summed E-state index contributed by atoms with van der Waals surface area (Å²) in [4.78, 5) is 41.6. The predicted octanol–water partition coefficient (Wildman–Crippen LogP) is 6.63. The van der Waals surface area contributed by atoms with Crippen LogP contribution in [0.5, 0.6) is 0 Å². The monoisotopic (exact) mass is 551 g/mol. The second kappa shape index (κ2) is 11.5. The summed E-state index contributed by atoms with van der Waals surface area (Å²) in [5, 5.41) is 7.56. The van der Waals surface area contributed by atoms with E-state index in [4.69, 9.17) is 32.5 Å². The molecule has 0 fully saturated rings. The van der Waals surface area contributed by atoms with Gasteiger partial charge in [-0.25, -0.2) is 4.79 Å². The van der Waals surface area contributed by atoms with E-state index < -0.39 is 18.0 Å². The van der Waals surface area contributed by atoms with Gasteiger partial charge in [0.2, 0.25) is 0 Å². The summed E-state index contributed by atoms with van der Waals surface area (Å²) in [7, 11) is 0. The second-order valence-corrected chi connectivity index (χ2v) is 10.0. The first-order valence-corrected chi connectivity index (χ1v) is 12.9. The van der Waals surface area contributed by atoms with Gasteiger partial charge in [0, 0.05) is 18.7 Å². The quantitative estimate of drug-likeness (QED) is 0.315. The molecule has 0 saturated carbocycles. The largest absolute Gasteiger partial charge is 0.459 e. The average molecular weight is 552 g/mol. The number of carbonyl (C=O) groups excluding carboxylic acids is 3. The minimum atomic E-state index is -0.635. The number of carbonyl (C=O) groups is 3. The average Bonchev–Trinajstić information content (AvgIpc) is 3.33. The van der Waals surface area contributed by atoms with Crippen LogP contribution in [0.2, 0.25) is 10.0 Å². The van der Waals surface area contributed by atoms with Crippen molar-refractivity contribution in [3.63, 3.8) is 0 Å². The Morgan fingerprint density at radius 2 is 1.72 bits per heavy atom. The highest BCUT2D eigenvalue weighted by molar-refractivity contribution is 7.18. The van der Waals surface area contributed by atoms with Gasteiger partial charge in [-0.15, -0.1) is 11.3 Å². The van der Waals surface area contributed by atoms with Crippen molar-refractivity contribution in [3.8, 4) is 11.3 Å². The Morgan fingerprint density at radius 3 is 2.28 bits per heavy atom. The normalized spacial score (nSPS) is 11.0. The van der Waals surface area contributed by atoms with Crippen molar-refractivity contribution < 1.29 is 23.6 Å². The molecule has 36 heavy (non-hydrogen) atoms. The van der Waals surface area contributed by atoms with Crippen LogP contribution in [0.25, 0.3) is 11.3 Å². The molecule has 192 valence electrons. The Bertz CT molecular complexity index is 1290. The first-order chi connectivity index (χ1) is 17.0. The molecule has 3 rings (SSSR count). The van der Waals surface area contributed by atoms with Crippen molar-refractivity contribution in [2.24, 2.45) is 0 Å². The Balaban J connectivity index is 2.10. The fraction of sp³-hybridized carbons (Fsp3) is 0.360. The van der Waals surface area contributed by atoms with Crippen LogP contribution < -0.4 is 5.32 Å². The highest BCUT2D eigenvalue weighted by Crippen LogP contribution is 2.39. The summed E-state index contributed by atoms with van der Waals surface area (Å²) in [6, 6.07) is 4.93. The summed E-state index contributed by atoms with van der Waals surface area (Å²) in [5.74, 6) is -1.23. The number of thiophene rings is 1. The van der Waals surface area contributed by atoms with E-state index in [1.54, 1.807) is 50.8 Å². The molecule has 11 heteroatoms. The van der Waals surface area contributed by atoms with Crippen LogP contribution in [0.15, 0.2) is 22.7 Å². The van der Waals surface area contributed by atoms with Crippen molar-refractivity contribution in [1.82, 2.24) is 10.1 Å². The van der Waals surface area contributed by atoms with E-state index in [0.717, 1.165) is 11.3 Å². The number of esters is 1. The molecule has 2 amide bonds. The Morgan fingerprint density at radius 1 is 1.11 bits per heavy atom. The molecule has 0 unspecified atom stereocenters. The lowest BCUT2D eigenvalue weighted by Gasteiger charge is -2.18. The maximum absolute atomic E-state index is 13.5. The first kappa shape index (κ1) is 27.7. The second-order valence-electron chi connectivity index (χ2n) is 8.20. The third-order valence-corrected chi connectivity index (χ3v) is 7.28. The molecule has 8 nitrogen and oxygen atoms in total. The number of hydrogen-bond donors (Lipinski definition) is 1. The first-order valence-electron chi connectivity index (χ1n) is 11.4. The maximum Gasteiger partial charge on any atom is 0.341 e. The fourth-order valence-corrected chi connectivity index (χ4v) is 5.41. The summed E-state index contributed by atoms with van der Waals surface area (Å²) < 4.78 is 10.7. The van der Waals surface area contributed by atoms with Gasteiger partial charge in [0.15, 0.2) is 0 Å². The Kier molecular flexibility index (Phi) is 8.81. The number of ether oxygens (including phenoxy) is 1. The van der Waals surface area contributed by atoms with E-state index in [1.807, 2.05) is 13.8 Å². The predicted molar refractivity (Wildman–Crippen MR) is 142 cm³/mol. The molecule has 0 radical (unpaired) electrons. The maximum atomic E-state index is 13.5. The van der Waals surface area contributed by atoms with Crippen LogP contribution in [-0.4, -0.2) is 47.0 Å². The van der Waals surface area contributed by atoms with E-state index in [9.17, 15) is 14.4 Å². The standard InChI is InChI=1S/C25H27Cl2N3O5S/c1-7-30(8-2)24(32)21-13(5)17(25(33)34-12(3)4)23(36-21)28-22(31)18-14(6)35-29-20(18)19-15(26)10-9-11-16(19)27/h9-12H,7-8H2,1-6H3,(H,28,31). The van der Waals surface area contributed by atoms with Crippen LogP contribution in [0.3, 0.4) is 0 Å². The van der Waals surface area contributed by atoms with Crippen LogP contribution in [-0.2, 0) is 4.74 Å². The number of hydrogen-bond acceptors (Lipinski definition) is 7. The molecule has 3 aromatic rings. The van der Waals surface area contributed by atoms with Gasteiger partial charge in [-0.05, 0) is 59.2 Å². The zero-order valence-corrected chi connectivity index (χ0v) is 23.2. The minimum absolute atomic E-state index is 0.107. The number of halogens is 2. The number of rotatable bonds is 8. The van der Waals surface area contributed by atoms with Gasteiger partial charge in [-0.2, -0.15) is 0 Å². The molecule has 0 atom stereocenters. The van der Waals surface area contributed by atoms with Crippen LogP contribution in [0.1, 0.15) is 69.4 Å². The zero-order valence-electron chi connectivity index (χ0n) is 20.8. The van der Waals surface area contributed by atoms with Crippen molar-refractivity contribution in [2.75, 3.05) is 18.4 Å².